The Morgan fingerprint density at radius 2 is 2.13 bits per heavy atom. The summed E-state index contributed by atoms with van der Waals surface area (Å²) < 4.78 is 0. The molecule has 0 radical (unpaired) electrons. The summed E-state index contributed by atoms with van der Waals surface area (Å²) >= 11 is 2.67. The topological polar surface area (TPSA) is 74.8 Å². The van der Waals surface area contributed by atoms with Gasteiger partial charge in [0.15, 0.2) is 5.16 Å². The number of rotatable bonds is 5. The van der Waals surface area contributed by atoms with Crippen LogP contribution >= 0.6 is 23.1 Å². The van der Waals surface area contributed by atoms with Gasteiger partial charge in [-0.2, -0.15) is 0 Å². The molecular weight excluding hydrogens is 330 g/mol. The summed E-state index contributed by atoms with van der Waals surface area (Å²) in [6.45, 7) is 2.38. The van der Waals surface area contributed by atoms with E-state index in [9.17, 15) is 9.59 Å². The minimum absolute atomic E-state index is 0.0936. The number of aromatic amines is 1. The molecule has 0 fully saturated rings. The standard InChI is InChI=1S/C16H15N3O2S2/c1-10-8-22-15-13(10)14(21)18-16(19-15)23-9-12(20)17-7-11-5-3-2-4-6-11/h2-6,8H,7,9H2,1H3,(H,17,20)(H,18,19,21). The Labute approximate surface area is 141 Å². The molecule has 0 saturated carbocycles. The van der Waals surface area contributed by atoms with E-state index in [0.29, 0.717) is 21.9 Å². The van der Waals surface area contributed by atoms with E-state index in [0.717, 1.165) is 11.1 Å². The third kappa shape index (κ3) is 3.80. The molecule has 0 unspecified atom stereocenters. The zero-order valence-electron chi connectivity index (χ0n) is 12.5. The van der Waals surface area contributed by atoms with Gasteiger partial charge >= 0.3 is 0 Å². The van der Waals surface area contributed by atoms with Gasteiger partial charge in [0.05, 0.1) is 11.1 Å². The molecule has 0 spiro atoms. The normalized spacial score (nSPS) is 10.8. The molecule has 7 heteroatoms. The Morgan fingerprint density at radius 1 is 1.35 bits per heavy atom. The van der Waals surface area contributed by atoms with Crippen molar-refractivity contribution in [2.45, 2.75) is 18.6 Å². The number of aromatic nitrogens is 2. The van der Waals surface area contributed by atoms with Crippen LogP contribution in [0, 0.1) is 6.92 Å². The van der Waals surface area contributed by atoms with Crippen molar-refractivity contribution in [3.63, 3.8) is 0 Å². The van der Waals surface area contributed by atoms with Crippen LogP contribution in [0.4, 0.5) is 0 Å². The van der Waals surface area contributed by atoms with Gasteiger partial charge in [-0.3, -0.25) is 9.59 Å². The first kappa shape index (κ1) is 15.8. The Balaban J connectivity index is 1.60. The fourth-order valence-electron chi connectivity index (χ4n) is 2.12. The zero-order valence-corrected chi connectivity index (χ0v) is 14.1. The highest BCUT2D eigenvalue weighted by Crippen LogP contribution is 2.22. The number of fused-ring (bicyclic) bond motifs is 1. The molecule has 2 aromatic heterocycles. The van der Waals surface area contributed by atoms with E-state index >= 15 is 0 Å². The lowest BCUT2D eigenvalue weighted by molar-refractivity contribution is -0.118. The lowest BCUT2D eigenvalue weighted by atomic mass is 10.2. The third-order valence-electron chi connectivity index (χ3n) is 3.28. The number of H-pyrrole nitrogens is 1. The largest absolute Gasteiger partial charge is 0.351 e. The van der Waals surface area contributed by atoms with E-state index in [2.05, 4.69) is 15.3 Å². The number of thioether (sulfide) groups is 1. The molecule has 3 rings (SSSR count). The maximum absolute atomic E-state index is 12.0. The van der Waals surface area contributed by atoms with Crippen LogP contribution < -0.4 is 10.9 Å². The number of amides is 1. The number of benzene rings is 1. The Morgan fingerprint density at radius 3 is 2.91 bits per heavy atom. The monoisotopic (exact) mass is 345 g/mol. The second-order valence-corrected chi connectivity index (χ2v) is 6.84. The van der Waals surface area contributed by atoms with E-state index in [1.54, 1.807) is 0 Å². The molecule has 1 aromatic carbocycles. The first-order chi connectivity index (χ1) is 11.1. The van der Waals surface area contributed by atoms with Gasteiger partial charge in [0.1, 0.15) is 4.83 Å². The number of nitrogens with one attached hydrogen (secondary N) is 2. The van der Waals surface area contributed by atoms with Crippen LogP contribution in [0.2, 0.25) is 0 Å². The maximum Gasteiger partial charge on any atom is 0.260 e. The van der Waals surface area contributed by atoms with Crippen molar-refractivity contribution in [2.75, 3.05) is 5.75 Å². The fraction of sp³-hybridized carbons (Fsp3) is 0.188. The zero-order chi connectivity index (χ0) is 16.2. The van der Waals surface area contributed by atoms with Gasteiger partial charge in [-0.25, -0.2) is 4.98 Å². The van der Waals surface area contributed by atoms with Crippen LogP contribution in [-0.4, -0.2) is 21.6 Å². The van der Waals surface area contributed by atoms with E-state index in [1.807, 2.05) is 42.6 Å². The molecule has 2 N–H and O–H groups in total. The summed E-state index contributed by atoms with van der Waals surface area (Å²) in [6, 6.07) is 9.72. The summed E-state index contributed by atoms with van der Waals surface area (Å²) in [5, 5.41) is 5.86. The van der Waals surface area contributed by atoms with Crippen molar-refractivity contribution in [3.05, 3.63) is 57.2 Å². The van der Waals surface area contributed by atoms with Crippen molar-refractivity contribution in [2.24, 2.45) is 0 Å². The number of hydrogen-bond donors (Lipinski definition) is 2. The number of nitrogens with zero attached hydrogens (tertiary/aromatic N) is 1. The average Bonchev–Trinajstić information content (AvgIpc) is 2.93. The Hall–Kier alpha value is -2.12. The van der Waals surface area contributed by atoms with Gasteiger partial charge in [0, 0.05) is 6.54 Å². The lowest BCUT2D eigenvalue weighted by Crippen LogP contribution is -2.24. The summed E-state index contributed by atoms with van der Waals surface area (Å²) in [5.41, 5.74) is 1.82. The second kappa shape index (κ2) is 6.97. The van der Waals surface area contributed by atoms with Crippen LogP contribution in [-0.2, 0) is 11.3 Å². The van der Waals surface area contributed by atoms with Gasteiger partial charge in [-0.1, -0.05) is 42.1 Å². The number of aryl methyl sites for hydroxylation is 1. The number of carbonyl (C=O) groups excluding carboxylic acids is 1. The molecular formula is C16H15N3O2S2. The number of thiophene rings is 1. The smallest absolute Gasteiger partial charge is 0.260 e. The Bertz CT molecular complexity index is 887. The van der Waals surface area contributed by atoms with Crippen LogP contribution in [0.15, 0.2) is 45.7 Å². The van der Waals surface area contributed by atoms with E-state index in [4.69, 9.17) is 0 Å². The highest BCUT2D eigenvalue weighted by molar-refractivity contribution is 7.99. The molecule has 0 atom stereocenters. The first-order valence-corrected chi connectivity index (χ1v) is 8.91. The van der Waals surface area contributed by atoms with E-state index < -0.39 is 0 Å². The quantitative estimate of drug-likeness (QED) is 0.551. The summed E-state index contributed by atoms with van der Waals surface area (Å²) in [4.78, 5) is 31.8. The van der Waals surface area contributed by atoms with Crippen molar-refractivity contribution < 1.29 is 4.79 Å². The molecule has 0 aliphatic rings. The highest BCUT2D eigenvalue weighted by atomic mass is 32.2. The van der Waals surface area contributed by atoms with Gasteiger partial charge in [-0.15, -0.1) is 11.3 Å². The molecule has 3 aromatic rings. The minimum Gasteiger partial charge on any atom is -0.351 e. The minimum atomic E-state index is -0.152. The van der Waals surface area contributed by atoms with Crippen LogP contribution in [0.1, 0.15) is 11.1 Å². The lowest BCUT2D eigenvalue weighted by Gasteiger charge is -2.05. The summed E-state index contributed by atoms with van der Waals surface area (Å²) in [7, 11) is 0. The predicted octanol–water partition coefficient (Wildman–Crippen LogP) is 2.70. The highest BCUT2D eigenvalue weighted by Gasteiger charge is 2.10. The molecule has 0 aliphatic carbocycles. The van der Waals surface area contributed by atoms with Crippen molar-refractivity contribution in [1.82, 2.24) is 15.3 Å². The Kier molecular flexibility index (Phi) is 4.78. The fourth-order valence-corrected chi connectivity index (χ4v) is 3.79. The summed E-state index contributed by atoms with van der Waals surface area (Å²) in [5.74, 6) is 0.120. The van der Waals surface area contributed by atoms with Gasteiger partial charge < -0.3 is 10.3 Å². The van der Waals surface area contributed by atoms with Crippen LogP contribution in [0.25, 0.3) is 10.2 Å². The molecule has 5 nitrogen and oxygen atoms in total. The number of hydrogen-bond acceptors (Lipinski definition) is 5. The van der Waals surface area contributed by atoms with Gasteiger partial charge in [0.25, 0.3) is 5.56 Å². The second-order valence-electron chi connectivity index (χ2n) is 5.02. The summed E-state index contributed by atoms with van der Waals surface area (Å²) in [6.07, 6.45) is 0. The van der Waals surface area contributed by atoms with E-state index in [1.165, 1.54) is 23.1 Å². The van der Waals surface area contributed by atoms with Crippen molar-refractivity contribution >= 4 is 39.2 Å². The van der Waals surface area contributed by atoms with Crippen LogP contribution in [0.5, 0.6) is 0 Å². The van der Waals surface area contributed by atoms with Crippen molar-refractivity contribution in [3.8, 4) is 0 Å². The molecule has 1 amide bonds. The van der Waals surface area contributed by atoms with Crippen LogP contribution in [0.3, 0.4) is 0 Å². The first-order valence-electron chi connectivity index (χ1n) is 7.05. The van der Waals surface area contributed by atoms with Gasteiger partial charge in [0.2, 0.25) is 5.91 Å². The molecule has 0 aliphatic heterocycles. The molecule has 118 valence electrons. The van der Waals surface area contributed by atoms with E-state index in [-0.39, 0.29) is 17.2 Å². The average molecular weight is 345 g/mol. The molecule has 0 saturated heterocycles. The number of carbonyl (C=O) groups is 1. The predicted molar refractivity (Wildman–Crippen MR) is 94.0 cm³/mol. The molecule has 2 heterocycles. The third-order valence-corrected chi connectivity index (χ3v) is 5.14. The molecule has 23 heavy (non-hydrogen) atoms. The maximum atomic E-state index is 12.0. The van der Waals surface area contributed by atoms with Gasteiger partial charge in [-0.05, 0) is 23.4 Å². The molecule has 0 bridgehead atoms. The van der Waals surface area contributed by atoms with Crippen molar-refractivity contribution in [1.29, 1.82) is 0 Å². The SMILES string of the molecule is Cc1csc2nc(SCC(=O)NCc3ccccc3)[nH]c(=O)c12.